The first-order valence-corrected chi connectivity index (χ1v) is 9.21. The molecule has 26 heavy (non-hydrogen) atoms. The van der Waals surface area contributed by atoms with E-state index in [9.17, 15) is 9.90 Å². The molecule has 2 heterocycles. The first kappa shape index (κ1) is 17.1. The van der Waals surface area contributed by atoms with Gasteiger partial charge >= 0.3 is 0 Å². The molecule has 4 rings (SSSR count). The lowest BCUT2D eigenvalue weighted by Gasteiger charge is -2.25. The van der Waals surface area contributed by atoms with Gasteiger partial charge in [-0.15, -0.1) is 0 Å². The SMILES string of the molecule is O=C(N[C@H]1CC[C@H](O)CC1)c1nc(-c2cccc(Cl)c2)c2ccccn12. The van der Waals surface area contributed by atoms with Gasteiger partial charge in [-0.05, 0) is 49.9 Å². The highest BCUT2D eigenvalue weighted by Crippen LogP contribution is 2.27. The Morgan fingerprint density at radius 3 is 2.73 bits per heavy atom. The molecule has 0 radical (unpaired) electrons. The zero-order valence-corrected chi connectivity index (χ0v) is 15.0. The fraction of sp³-hybridized carbons (Fsp3) is 0.300. The van der Waals surface area contributed by atoms with Gasteiger partial charge in [0.2, 0.25) is 5.82 Å². The van der Waals surface area contributed by atoms with Crippen LogP contribution < -0.4 is 5.32 Å². The van der Waals surface area contributed by atoms with Crippen molar-refractivity contribution in [1.82, 2.24) is 14.7 Å². The fourth-order valence-electron chi connectivity index (χ4n) is 3.52. The monoisotopic (exact) mass is 369 g/mol. The number of benzene rings is 1. The number of carbonyl (C=O) groups is 1. The molecule has 1 saturated carbocycles. The second-order valence-electron chi connectivity index (χ2n) is 6.73. The summed E-state index contributed by atoms with van der Waals surface area (Å²) in [6.07, 6.45) is 4.62. The molecular weight excluding hydrogens is 350 g/mol. The highest BCUT2D eigenvalue weighted by Gasteiger charge is 2.24. The molecule has 1 aliphatic carbocycles. The number of imidazole rings is 1. The Hall–Kier alpha value is -2.37. The van der Waals surface area contributed by atoms with Gasteiger partial charge in [-0.2, -0.15) is 0 Å². The van der Waals surface area contributed by atoms with Crippen LogP contribution in [0.4, 0.5) is 0 Å². The van der Waals surface area contributed by atoms with E-state index >= 15 is 0 Å². The van der Waals surface area contributed by atoms with E-state index in [1.807, 2.05) is 53.1 Å². The van der Waals surface area contributed by atoms with Crippen molar-refractivity contribution in [3.05, 3.63) is 59.5 Å². The van der Waals surface area contributed by atoms with E-state index in [2.05, 4.69) is 10.3 Å². The number of amides is 1. The van der Waals surface area contributed by atoms with E-state index in [0.29, 0.717) is 10.8 Å². The maximum atomic E-state index is 12.8. The summed E-state index contributed by atoms with van der Waals surface area (Å²) in [6, 6.07) is 13.3. The van der Waals surface area contributed by atoms with E-state index in [1.165, 1.54) is 0 Å². The second-order valence-corrected chi connectivity index (χ2v) is 7.17. The van der Waals surface area contributed by atoms with Crippen molar-refractivity contribution in [3.8, 4) is 11.3 Å². The van der Waals surface area contributed by atoms with E-state index in [0.717, 1.165) is 42.5 Å². The largest absolute Gasteiger partial charge is 0.393 e. The molecule has 0 bridgehead atoms. The molecule has 134 valence electrons. The van der Waals surface area contributed by atoms with Crippen LogP contribution >= 0.6 is 11.6 Å². The normalized spacial score (nSPS) is 20.2. The smallest absolute Gasteiger partial charge is 0.287 e. The van der Waals surface area contributed by atoms with E-state index in [4.69, 9.17) is 11.6 Å². The van der Waals surface area contributed by atoms with Gasteiger partial charge in [0.05, 0.1) is 17.3 Å². The molecule has 3 aromatic rings. The summed E-state index contributed by atoms with van der Waals surface area (Å²) in [4.78, 5) is 17.5. The number of halogens is 1. The van der Waals surface area contributed by atoms with Crippen LogP contribution in [0.25, 0.3) is 16.8 Å². The molecule has 0 atom stereocenters. The van der Waals surface area contributed by atoms with Gasteiger partial charge in [0.15, 0.2) is 0 Å². The minimum atomic E-state index is -0.246. The summed E-state index contributed by atoms with van der Waals surface area (Å²) in [5.74, 6) is 0.169. The van der Waals surface area contributed by atoms with Gasteiger partial charge in [0, 0.05) is 22.8 Å². The predicted molar refractivity (Wildman–Crippen MR) is 101 cm³/mol. The number of rotatable bonds is 3. The van der Waals surface area contributed by atoms with Gasteiger partial charge in [0.1, 0.15) is 0 Å². The molecule has 1 amide bonds. The van der Waals surface area contributed by atoms with Crippen LogP contribution in [0.3, 0.4) is 0 Å². The Kier molecular flexibility index (Phi) is 4.66. The molecule has 0 saturated heterocycles. The van der Waals surface area contributed by atoms with Crippen molar-refractivity contribution < 1.29 is 9.90 Å². The maximum absolute atomic E-state index is 12.8. The molecule has 1 aromatic carbocycles. The van der Waals surface area contributed by atoms with Crippen LogP contribution in [-0.2, 0) is 0 Å². The molecule has 0 aliphatic heterocycles. The Morgan fingerprint density at radius 1 is 1.15 bits per heavy atom. The van der Waals surface area contributed by atoms with E-state index in [1.54, 1.807) is 0 Å². The molecule has 1 fully saturated rings. The van der Waals surface area contributed by atoms with E-state index in [-0.39, 0.29) is 18.1 Å². The van der Waals surface area contributed by atoms with Crippen LogP contribution in [-0.4, -0.2) is 32.5 Å². The first-order valence-electron chi connectivity index (χ1n) is 8.84. The minimum absolute atomic E-state index is 0.0802. The number of fused-ring (bicyclic) bond motifs is 1. The maximum Gasteiger partial charge on any atom is 0.287 e. The zero-order valence-electron chi connectivity index (χ0n) is 14.2. The number of aromatic nitrogens is 2. The van der Waals surface area contributed by atoms with Crippen LogP contribution in [0.2, 0.25) is 5.02 Å². The third-order valence-corrected chi connectivity index (χ3v) is 5.12. The predicted octanol–water partition coefficient (Wildman–Crippen LogP) is 3.69. The number of hydrogen-bond acceptors (Lipinski definition) is 3. The molecular formula is C20H20ClN3O2. The van der Waals surface area contributed by atoms with Crippen molar-refractivity contribution in [2.45, 2.75) is 37.8 Å². The average Bonchev–Trinajstić information content (AvgIpc) is 3.03. The minimum Gasteiger partial charge on any atom is -0.393 e. The lowest BCUT2D eigenvalue weighted by molar-refractivity contribution is 0.0858. The van der Waals surface area contributed by atoms with Crippen LogP contribution in [0.1, 0.15) is 36.3 Å². The van der Waals surface area contributed by atoms with Crippen molar-refractivity contribution in [2.75, 3.05) is 0 Å². The van der Waals surface area contributed by atoms with Gasteiger partial charge in [-0.25, -0.2) is 4.98 Å². The highest BCUT2D eigenvalue weighted by atomic mass is 35.5. The van der Waals surface area contributed by atoms with Crippen LogP contribution in [0.5, 0.6) is 0 Å². The standard InChI is InChI=1S/C20H20ClN3O2/c21-14-5-3-4-13(12-14)18-17-6-1-2-11-24(17)19(23-18)20(26)22-15-7-9-16(25)10-8-15/h1-6,11-12,15-16,25H,7-10H2,(H,22,26)/t15-,16-. The highest BCUT2D eigenvalue weighted by molar-refractivity contribution is 6.30. The summed E-state index contributed by atoms with van der Waals surface area (Å²) < 4.78 is 1.81. The molecule has 0 spiro atoms. The van der Waals surface area contributed by atoms with Crippen molar-refractivity contribution in [2.24, 2.45) is 0 Å². The third kappa shape index (κ3) is 3.32. The number of aliphatic hydroxyl groups is 1. The summed E-state index contributed by atoms with van der Waals surface area (Å²) in [7, 11) is 0. The number of nitrogens with one attached hydrogen (secondary N) is 1. The summed E-state index contributed by atoms with van der Waals surface area (Å²) in [5.41, 5.74) is 2.47. The van der Waals surface area contributed by atoms with Gasteiger partial charge < -0.3 is 10.4 Å². The van der Waals surface area contributed by atoms with Gasteiger partial charge in [0.25, 0.3) is 5.91 Å². The quantitative estimate of drug-likeness (QED) is 0.740. The summed E-state index contributed by atoms with van der Waals surface area (Å²) >= 11 is 6.12. The number of aliphatic hydroxyl groups excluding tert-OH is 1. The van der Waals surface area contributed by atoms with Crippen LogP contribution in [0.15, 0.2) is 48.7 Å². The van der Waals surface area contributed by atoms with Crippen molar-refractivity contribution in [3.63, 3.8) is 0 Å². The van der Waals surface area contributed by atoms with Crippen LogP contribution in [0, 0.1) is 0 Å². The Labute approximate surface area is 156 Å². The topological polar surface area (TPSA) is 66.6 Å². The number of hydrogen-bond donors (Lipinski definition) is 2. The van der Waals surface area contributed by atoms with Crippen molar-refractivity contribution in [1.29, 1.82) is 0 Å². The van der Waals surface area contributed by atoms with Gasteiger partial charge in [-0.1, -0.05) is 29.8 Å². The molecule has 2 N–H and O–H groups in total. The number of nitrogens with zero attached hydrogens (tertiary/aromatic N) is 2. The third-order valence-electron chi connectivity index (χ3n) is 4.88. The molecule has 2 aromatic heterocycles. The Balaban J connectivity index is 1.68. The summed E-state index contributed by atoms with van der Waals surface area (Å²) in [5, 5.41) is 13.3. The van der Waals surface area contributed by atoms with Crippen molar-refractivity contribution >= 4 is 23.0 Å². The molecule has 0 unspecified atom stereocenters. The number of pyridine rings is 1. The lowest BCUT2D eigenvalue weighted by Crippen LogP contribution is -2.39. The lowest BCUT2D eigenvalue weighted by atomic mass is 9.93. The summed E-state index contributed by atoms with van der Waals surface area (Å²) in [6.45, 7) is 0. The molecule has 6 heteroatoms. The van der Waals surface area contributed by atoms with Gasteiger partial charge in [-0.3, -0.25) is 9.20 Å². The first-order chi connectivity index (χ1) is 12.6. The zero-order chi connectivity index (χ0) is 18.1. The molecule has 5 nitrogen and oxygen atoms in total. The average molecular weight is 370 g/mol. The fourth-order valence-corrected chi connectivity index (χ4v) is 3.71. The van der Waals surface area contributed by atoms with E-state index < -0.39 is 0 Å². The Bertz CT molecular complexity index is 945. The second kappa shape index (κ2) is 7.09. The molecule has 1 aliphatic rings. The number of carbonyl (C=O) groups excluding carboxylic acids is 1. The Morgan fingerprint density at radius 2 is 1.96 bits per heavy atom.